The van der Waals surface area contributed by atoms with Gasteiger partial charge in [-0.25, -0.2) is 0 Å². The third-order valence-corrected chi connectivity index (χ3v) is 4.53. The molecule has 2 fully saturated rings. The zero-order valence-electron chi connectivity index (χ0n) is 11.8. The standard InChI is InChI=1S/C14H27N3O/c1-3-12-10-16(9-6-13(12)15-2)11-14(18)17-7-4-5-8-17/h12-13,15H,3-11H2,1-2H3. The van der Waals surface area contributed by atoms with Gasteiger partial charge >= 0.3 is 0 Å². The van der Waals surface area contributed by atoms with Crippen molar-refractivity contribution in [2.45, 2.75) is 38.6 Å². The topological polar surface area (TPSA) is 35.6 Å². The summed E-state index contributed by atoms with van der Waals surface area (Å²) in [5.41, 5.74) is 0. The first kappa shape index (κ1) is 13.8. The molecule has 4 heteroatoms. The summed E-state index contributed by atoms with van der Waals surface area (Å²) in [6.45, 7) is 6.96. The molecule has 2 rings (SSSR count). The highest BCUT2D eigenvalue weighted by molar-refractivity contribution is 5.78. The molecule has 2 atom stereocenters. The molecule has 0 radical (unpaired) electrons. The largest absolute Gasteiger partial charge is 0.342 e. The molecule has 18 heavy (non-hydrogen) atoms. The van der Waals surface area contributed by atoms with Gasteiger partial charge < -0.3 is 10.2 Å². The smallest absolute Gasteiger partial charge is 0.236 e. The van der Waals surface area contributed by atoms with Crippen LogP contribution in [0.3, 0.4) is 0 Å². The third kappa shape index (κ3) is 3.23. The van der Waals surface area contributed by atoms with Crippen LogP contribution in [0.2, 0.25) is 0 Å². The fraction of sp³-hybridized carbons (Fsp3) is 0.929. The van der Waals surface area contributed by atoms with Gasteiger partial charge in [-0.1, -0.05) is 13.3 Å². The van der Waals surface area contributed by atoms with Crippen molar-refractivity contribution in [2.75, 3.05) is 39.8 Å². The van der Waals surface area contributed by atoms with E-state index in [1.54, 1.807) is 0 Å². The Hall–Kier alpha value is -0.610. The second kappa shape index (κ2) is 6.53. The highest BCUT2D eigenvalue weighted by Gasteiger charge is 2.29. The third-order valence-electron chi connectivity index (χ3n) is 4.53. The molecule has 2 unspecified atom stereocenters. The van der Waals surface area contributed by atoms with E-state index < -0.39 is 0 Å². The molecule has 0 aliphatic carbocycles. The number of hydrogen-bond donors (Lipinski definition) is 1. The maximum Gasteiger partial charge on any atom is 0.236 e. The second-order valence-corrected chi connectivity index (χ2v) is 5.68. The first-order valence-electron chi connectivity index (χ1n) is 7.42. The quantitative estimate of drug-likeness (QED) is 0.809. The first-order valence-corrected chi connectivity index (χ1v) is 7.42. The average Bonchev–Trinajstić information content (AvgIpc) is 2.92. The van der Waals surface area contributed by atoms with Crippen molar-refractivity contribution in [1.82, 2.24) is 15.1 Å². The second-order valence-electron chi connectivity index (χ2n) is 5.68. The maximum absolute atomic E-state index is 12.1. The van der Waals surface area contributed by atoms with E-state index in [1.807, 2.05) is 4.90 Å². The van der Waals surface area contributed by atoms with Crippen LogP contribution < -0.4 is 5.32 Å². The highest BCUT2D eigenvalue weighted by atomic mass is 16.2. The molecular weight excluding hydrogens is 226 g/mol. The molecule has 0 saturated carbocycles. The molecule has 2 aliphatic heterocycles. The van der Waals surface area contributed by atoms with Crippen LogP contribution in [0, 0.1) is 5.92 Å². The van der Waals surface area contributed by atoms with Gasteiger partial charge in [0.2, 0.25) is 5.91 Å². The number of hydrogen-bond acceptors (Lipinski definition) is 3. The van der Waals surface area contributed by atoms with Crippen LogP contribution in [0.15, 0.2) is 0 Å². The summed E-state index contributed by atoms with van der Waals surface area (Å²) < 4.78 is 0. The molecule has 0 bridgehead atoms. The predicted molar refractivity (Wildman–Crippen MR) is 73.5 cm³/mol. The Labute approximate surface area is 111 Å². The lowest BCUT2D eigenvalue weighted by molar-refractivity contribution is -0.131. The molecule has 2 heterocycles. The monoisotopic (exact) mass is 253 g/mol. The Balaban J connectivity index is 1.81. The van der Waals surface area contributed by atoms with E-state index in [0.717, 1.165) is 26.2 Å². The number of piperidine rings is 1. The predicted octanol–water partition coefficient (Wildman–Crippen LogP) is 0.929. The Morgan fingerprint density at radius 2 is 2.00 bits per heavy atom. The van der Waals surface area contributed by atoms with Crippen molar-refractivity contribution < 1.29 is 4.79 Å². The van der Waals surface area contributed by atoms with Crippen LogP contribution in [-0.2, 0) is 4.79 Å². The summed E-state index contributed by atoms with van der Waals surface area (Å²) in [7, 11) is 2.05. The number of amides is 1. The SMILES string of the molecule is CCC1CN(CC(=O)N2CCCC2)CCC1NC. The number of rotatable bonds is 4. The van der Waals surface area contributed by atoms with Gasteiger partial charge in [0.25, 0.3) is 0 Å². The number of likely N-dealkylation sites (tertiary alicyclic amines) is 2. The van der Waals surface area contributed by atoms with Crippen LogP contribution in [0.4, 0.5) is 0 Å². The Bertz CT molecular complexity index is 276. The number of nitrogens with one attached hydrogen (secondary N) is 1. The molecular formula is C14H27N3O. The molecule has 0 aromatic carbocycles. The Morgan fingerprint density at radius 3 is 2.61 bits per heavy atom. The van der Waals surface area contributed by atoms with Gasteiger partial charge in [-0.3, -0.25) is 9.69 Å². The molecule has 0 aromatic rings. The summed E-state index contributed by atoms with van der Waals surface area (Å²) in [4.78, 5) is 16.5. The molecule has 104 valence electrons. The van der Waals surface area contributed by atoms with E-state index in [0.29, 0.717) is 24.4 Å². The van der Waals surface area contributed by atoms with Gasteiger partial charge in [0.1, 0.15) is 0 Å². The number of nitrogens with zero attached hydrogens (tertiary/aromatic N) is 2. The summed E-state index contributed by atoms with van der Waals surface area (Å²) in [6, 6.07) is 0.633. The lowest BCUT2D eigenvalue weighted by Gasteiger charge is -2.38. The van der Waals surface area contributed by atoms with Gasteiger partial charge in [-0.2, -0.15) is 0 Å². The summed E-state index contributed by atoms with van der Waals surface area (Å²) >= 11 is 0. The van der Waals surface area contributed by atoms with Crippen LogP contribution >= 0.6 is 0 Å². The van der Waals surface area contributed by atoms with Crippen LogP contribution in [0.1, 0.15) is 32.6 Å². The summed E-state index contributed by atoms with van der Waals surface area (Å²) in [6.07, 6.45) is 4.73. The van der Waals surface area contributed by atoms with Crippen molar-refractivity contribution in [3.8, 4) is 0 Å². The molecule has 4 nitrogen and oxygen atoms in total. The van der Waals surface area contributed by atoms with E-state index in [9.17, 15) is 4.79 Å². The van der Waals surface area contributed by atoms with Crippen LogP contribution in [-0.4, -0.2) is 61.5 Å². The zero-order valence-corrected chi connectivity index (χ0v) is 11.8. The van der Waals surface area contributed by atoms with E-state index >= 15 is 0 Å². The van der Waals surface area contributed by atoms with E-state index in [1.165, 1.54) is 25.7 Å². The zero-order chi connectivity index (χ0) is 13.0. The fourth-order valence-corrected chi connectivity index (χ4v) is 3.30. The summed E-state index contributed by atoms with van der Waals surface area (Å²) in [5, 5.41) is 3.41. The molecule has 1 N–H and O–H groups in total. The maximum atomic E-state index is 12.1. The molecule has 2 aliphatic rings. The lowest BCUT2D eigenvalue weighted by Crippen LogP contribution is -2.50. The molecule has 0 aromatic heterocycles. The van der Waals surface area contributed by atoms with Crippen molar-refractivity contribution >= 4 is 5.91 Å². The number of carbonyl (C=O) groups excluding carboxylic acids is 1. The fourth-order valence-electron chi connectivity index (χ4n) is 3.30. The van der Waals surface area contributed by atoms with E-state index in [2.05, 4.69) is 24.2 Å². The summed E-state index contributed by atoms with van der Waals surface area (Å²) in [5.74, 6) is 1.03. The van der Waals surface area contributed by atoms with Gasteiger partial charge in [-0.15, -0.1) is 0 Å². The Morgan fingerprint density at radius 1 is 1.28 bits per heavy atom. The van der Waals surface area contributed by atoms with Gasteiger partial charge in [0.05, 0.1) is 6.54 Å². The van der Waals surface area contributed by atoms with Crippen molar-refractivity contribution in [3.05, 3.63) is 0 Å². The Kier molecular flexibility index (Phi) is 5.01. The molecule has 0 spiro atoms. The number of carbonyl (C=O) groups is 1. The molecule has 2 saturated heterocycles. The normalized spacial score (nSPS) is 29.8. The van der Waals surface area contributed by atoms with E-state index in [-0.39, 0.29) is 0 Å². The van der Waals surface area contributed by atoms with Crippen molar-refractivity contribution in [1.29, 1.82) is 0 Å². The van der Waals surface area contributed by atoms with Crippen LogP contribution in [0.5, 0.6) is 0 Å². The first-order chi connectivity index (χ1) is 8.74. The lowest BCUT2D eigenvalue weighted by atomic mass is 9.90. The minimum atomic E-state index is 0.338. The van der Waals surface area contributed by atoms with E-state index in [4.69, 9.17) is 0 Å². The van der Waals surface area contributed by atoms with Crippen molar-refractivity contribution in [2.24, 2.45) is 5.92 Å². The highest BCUT2D eigenvalue weighted by Crippen LogP contribution is 2.20. The van der Waals surface area contributed by atoms with Crippen molar-refractivity contribution in [3.63, 3.8) is 0 Å². The minimum absolute atomic E-state index is 0.338. The van der Waals surface area contributed by atoms with Gasteiger partial charge in [0.15, 0.2) is 0 Å². The van der Waals surface area contributed by atoms with Crippen LogP contribution in [0.25, 0.3) is 0 Å². The van der Waals surface area contributed by atoms with Gasteiger partial charge in [0, 0.05) is 32.2 Å². The van der Waals surface area contributed by atoms with Gasteiger partial charge in [-0.05, 0) is 32.2 Å². The average molecular weight is 253 g/mol. The molecule has 1 amide bonds. The minimum Gasteiger partial charge on any atom is -0.342 e.